The second-order valence-electron chi connectivity index (χ2n) is 5.72. The van der Waals surface area contributed by atoms with Gasteiger partial charge < -0.3 is 16.4 Å². The minimum Gasteiger partial charge on any atom is -0.368 e. The highest BCUT2D eigenvalue weighted by molar-refractivity contribution is 5.46. The molecule has 1 aliphatic rings. The first-order chi connectivity index (χ1) is 11.1. The minimum atomic E-state index is 0.160. The molecule has 0 spiro atoms. The number of pyridine rings is 1. The number of nitrogens with two attached hydrogens (primary N) is 2. The lowest BCUT2D eigenvalue weighted by Crippen LogP contribution is -2.37. The van der Waals surface area contributed by atoms with Gasteiger partial charge in [0, 0.05) is 19.1 Å². The second kappa shape index (κ2) is 6.41. The molecule has 4 N–H and O–H groups in total. The van der Waals surface area contributed by atoms with Gasteiger partial charge in [0.25, 0.3) is 0 Å². The summed E-state index contributed by atoms with van der Waals surface area (Å²) in [6, 6.07) is 4.55. The zero-order valence-electron chi connectivity index (χ0n) is 13.7. The molecule has 2 aromatic heterocycles. The van der Waals surface area contributed by atoms with Gasteiger partial charge in [0.05, 0.1) is 11.9 Å². The van der Waals surface area contributed by atoms with Gasteiger partial charge in [-0.25, -0.2) is 4.98 Å². The van der Waals surface area contributed by atoms with Gasteiger partial charge in [-0.1, -0.05) is 13.8 Å². The molecule has 0 saturated carbocycles. The van der Waals surface area contributed by atoms with Crippen molar-refractivity contribution in [1.29, 1.82) is 0 Å². The number of aromatic nitrogens is 4. The van der Waals surface area contributed by atoms with Gasteiger partial charge in [-0.2, -0.15) is 9.67 Å². The Balaban J connectivity index is 1.72. The molecule has 0 amide bonds. The molecule has 1 saturated heterocycles. The van der Waals surface area contributed by atoms with Crippen molar-refractivity contribution >= 4 is 17.7 Å². The quantitative estimate of drug-likeness (QED) is 0.839. The Hall–Kier alpha value is -2.35. The standard InChI is InChI=1S/C15H24N8/c1-3-21(4-2)12-7-8-22(10-12)13-6-5-11(9-18-13)23-15(17)19-14(16)20-23/h5-6,9,12H,3-4,7-8,10H2,1-2H3,(H4,16,17,19,20). The Morgan fingerprint density at radius 3 is 2.61 bits per heavy atom. The molecule has 3 rings (SSSR count). The van der Waals surface area contributed by atoms with Crippen LogP contribution in [-0.2, 0) is 0 Å². The number of hydrogen-bond acceptors (Lipinski definition) is 7. The Labute approximate surface area is 136 Å². The first kappa shape index (κ1) is 15.5. The van der Waals surface area contributed by atoms with Crippen LogP contribution in [0.1, 0.15) is 20.3 Å². The number of anilines is 3. The smallest absolute Gasteiger partial charge is 0.241 e. The van der Waals surface area contributed by atoms with E-state index >= 15 is 0 Å². The fourth-order valence-corrected chi connectivity index (χ4v) is 3.21. The molecule has 1 unspecified atom stereocenters. The predicted octanol–water partition coefficient (Wildman–Crippen LogP) is 0.747. The zero-order chi connectivity index (χ0) is 16.4. The van der Waals surface area contributed by atoms with Crippen molar-refractivity contribution in [3.63, 3.8) is 0 Å². The van der Waals surface area contributed by atoms with Gasteiger partial charge >= 0.3 is 0 Å². The van der Waals surface area contributed by atoms with E-state index in [0.29, 0.717) is 6.04 Å². The largest absolute Gasteiger partial charge is 0.368 e. The lowest BCUT2D eigenvalue weighted by Gasteiger charge is -2.26. The summed E-state index contributed by atoms with van der Waals surface area (Å²) < 4.78 is 1.49. The molecule has 0 radical (unpaired) electrons. The first-order valence-corrected chi connectivity index (χ1v) is 8.05. The second-order valence-corrected chi connectivity index (χ2v) is 5.72. The average Bonchev–Trinajstić information content (AvgIpc) is 3.16. The van der Waals surface area contributed by atoms with Crippen LogP contribution in [0, 0.1) is 0 Å². The molecule has 1 fully saturated rings. The van der Waals surface area contributed by atoms with E-state index in [0.717, 1.165) is 37.7 Å². The molecule has 23 heavy (non-hydrogen) atoms. The van der Waals surface area contributed by atoms with E-state index in [2.05, 4.69) is 38.7 Å². The highest BCUT2D eigenvalue weighted by Crippen LogP contribution is 2.22. The summed E-state index contributed by atoms with van der Waals surface area (Å²) >= 11 is 0. The molecule has 124 valence electrons. The molecule has 0 bridgehead atoms. The van der Waals surface area contributed by atoms with Gasteiger partial charge in [-0.3, -0.25) is 4.90 Å². The van der Waals surface area contributed by atoms with Gasteiger partial charge in [0.15, 0.2) is 0 Å². The van der Waals surface area contributed by atoms with Crippen LogP contribution >= 0.6 is 0 Å². The Kier molecular flexibility index (Phi) is 4.33. The molecule has 1 atom stereocenters. The maximum Gasteiger partial charge on any atom is 0.241 e. The van der Waals surface area contributed by atoms with Crippen LogP contribution in [-0.4, -0.2) is 56.9 Å². The SMILES string of the molecule is CCN(CC)C1CCN(c2ccc(-n3nc(N)nc3N)cn2)C1. The molecule has 8 heteroatoms. The van der Waals surface area contributed by atoms with Gasteiger partial charge in [-0.15, -0.1) is 5.10 Å². The van der Waals surface area contributed by atoms with Crippen LogP contribution < -0.4 is 16.4 Å². The maximum absolute atomic E-state index is 5.78. The van der Waals surface area contributed by atoms with Gasteiger partial charge in [-0.05, 0) is 31.6 Å². The van der Waals surface area contributed by atoms with E-state index in [9.17, 15) is 0 Å². The lowest BCUT2D eigenvalue weighted by atomic mass is 10.2. The summed E-state index contributed by atoms with van der Waals surface area (Å²) in [5, 5.41) is 4.06. The average molecular weight is 316 g/mol. The van der Waals surface area contributed by atoms with Crippen molar-refractivity contribution in [2.75, 3.05) is 42.5 Å². The monoisotopic (exact) mass is 316 g/mol. The minimum absolute atomic E-state index is 0.160. The highest BCUT2D eigenvalue weighted by atomic mass is 15.4. The molecule has 2 aromatic rings. The van der Waals surface area contributed by atoms with Crippen molar-refractivity contribution in [1.82, 2.24) is 24.6 Å². The lowest BCUT2D eigenvalue weighted by molar-refractivity contribution is 0.232. The van der Waals surface area contributed by atoms with Crippen LogP contribution in [0.5, 0.6) is 0 Å². The molecule has 1 aliphatic heterocycles. The van der Waals surface area contributed by atoms with Crippen molar-refractivity contribution in [2.45, 2.75) is 26.3 Å². The molecule has 0 aliphatic carbocycles. The van der Waals surface area contributed by atoms with Crippen LogP contribution in [0.3, 0.4) is 0 Å². The summed E-state index contributed by atoms with van der Waals surface area (Å²) in [4.78, 5) is 13.3. The van der Waals surface area contributed by atoms with E-state index in [1.54, 1.807) is 6.20 Å². The van der Waals surface area contributed by atoms with E-state index < -0.39 is 0 Å². The predicted molar refractivity (Wildman–Crippen MR) is 91.5 cm³/mol. The first-order valence-electron chi connectivity index (χ1n) is 8.05. The third-order valence-corrected chi connectivity index (χ3v) is 4.44. The summed E-state index contributed by atoms with van der Waals surface area (Å²) in [5.41, 5.74) is 12.1. The third kappa shape index (κ3) is 3.07. The number of likely N-dealkylation sites (N-methyl/N-ethyl adjacent to an activating group) is 1. The number of rotatable bonds is 5. The summed E-state index contributed by atoms with van der Waals surface area (Å²) in [5.74, 6) is 1.41. The van der Waals surface area contributed by atoms with Crippen molar-refractivity contribution in [3.8, 4) is 5.69 Å². The van der Waals surface area contributed by atoms with Crippen LogP contribution in [0.15, 0.2) is 18.3 Å². The van der Waals surface area contributed by atoms with Crippen molar-refractivity contribution in [3.05, 3.63) is 18.3 Å². The Morgan fingerprint density at radius 1 is 1.26 bits per heavy atom. The van der Waals surface area contributed by atoms with E-state index in [1.165, 1.54) is 11.1 Å². The number of nitrogens with zero attached hydrogens (tertiary/aromatic N) is 6. The fraction of sp³-hybridized carbons (Fsp3) is 0.533. The molecule has 8 nitrogen and oxygen atoms in total. The highest BCUT2D eigenvalue weighted by Gasteiger charge is 2.26. The number of nitrogen functional groups attached to an aromatic ring is 2. The van der Waals surface area contributed by atoms with Crippen LogP contribution in [0.25, 0.3) is 5.69 Å². The van der Waals surface area contributed by atoms with Gasteiger partial charge in [0.1, 0.15) is 5.82 Å². The van der Waals surface area contributed by atoms with Crippen molar-refractivity contribution in [2.24, 2.45) is 0 Å². The van der Waals surface area contributed by atoms with Gasteiger partial charge in [0.2, 0.25) is 11.9 Å². The summed E-state index contributed by atoms with van der Waals surface area (Å²) in [6.45, 7) is 8.67. The molecule has 3 heterocycles. The zero-order valence-corrected chi connectivity index (χ0v) is 13.7. The Morgan fingerprint density at radius 2 is 2.04 bits per heavy atom. The third-order valence-electron chi connectivity index (χ3n) is 4.44. The topological polar surface area (TPSA) is 102 Å². The van der Waals surface area contributed by atoms with Crippen LogP contribution in [0.4, 0.5) is 17.7 Å². The van der Waals surface area contributed by atoms with E-state index in [1.807, 2.05) is 12.1 Å². The molecule has 0 aromatic carbocycles. The summed E-state index contributed by atoms with van der Waals surface area (Å²) in [7, 11) is 0. The van der Waals surface area contributed by atoms with Crippen LogP contribution in [0.2, 0.25) is 0 Å². The van der Waals surface area contributed by atoms with E-state index in [-0.39, 0.29) is 11.9 Å². The number of hydrogen-bond donors (Lipinski definition) is 2. The van der Waals surface area contributed by atoms with E-state index in [4.69, 9.17) is 11.5 Å². The maximum atomic E-state index is 5.78. The Bertz CT molecular complexity index is 646. The summed E-state index contributed by atoms with van der Waals surface area (Å²) in [6.07, 6.45) is 2.93. The molecular formula is C15H24N8. The van der Waals surface area contributed by atoms with Crippen molar-refractivity contribution < 1.29 is 0 Å². The normalized spacial score (nSPS) is 18.0. The molecular weight excluding hydrogens is 292 g/mol. The fourth-order valence-electron chi connectivity index (χ4n) is 3.21.